The molecule has 0 heterocycles. The molecule has 78 valence electrons. The van der Waals surface area contributed by atoms with Crippen LogP contribution in [0.15, 0.2) is 0 Å². The molecule has 0 aliphatic rings. The van der Waals surface area contributed by atoms with Crippen molar-refractivity contribution in [1.29, 1.82) is 5.26 Å². The third-order valence-corrected chi connectivity index (χ3v) is 1.89. The van der Waals surface area contributed by atoms with Gasteiger partial charge in [-0.25, -0.2) is 0 Å². The molecule has 0 aliphatic carbocycles. The minimum atomic E-state index is 0.227. The predicted octanol–water partition coefficient (Wildman–Crippen LogP) is 2.90. The van der Waals surface area contributed by atoms with Crippen LogP contribution in [-0.4, -0.2) is 25.0 Å². The maximum Gasteiger partial charge on any atom is 0.0669 e. The molecule has 0 bridgehead atoms. The van der Waals surface area contributed by atoms with Crippen LogP contribution >= 0.6 is 0 Å². The van der Waals surface area contributed by atoms with Gasteiger partial charge in [-0.05, 0) is 20.0 Å². The van der Waals surface area contributed by atoms with E-state index in [-0.39, 0.29) is 5.92 Å². The molecule has 13 heavy (non-hydrogen) atoms. The fraction of sp³-hybridized carbons (Fsp3) is 0.909. The van der Waals surface area contributed by atoms with Crippen LogP contribution in [0.3, 0.4) is 0 Å². The minimum Gasteiger partial charge on any atom is -0.305 e. The Morgan fingerprint density at radius 1 is 1.31 bits per heavy atom. The van der Waals surface area contributed by atoms with Gasteiger partial charge in [0.15, 0.2) is 0 Å². The first-order valence-electron chi connectivity index (χ1n) is 5.32. The molecule has 0 saturated carbocycles. The summed E-state index contributed by atoms with van der Waals surface area (Å²) in [6.07, 6.45) is 2.14. The van der Waals surface area contributed by atoms with Gasteiger partial charge in [0, 0.05) is 6.54 Å². The average Bonchev–Trinajstić information content (AvgIpc) is 2.20. The van der Waals surface area contributed by atoms with Gasteiger partial charge in [-0.2, -0.15) is 5.26 Å². The van der Waals surface area contributed by atoms with Crippen LogP contribution < -0.4 is 0 Å². The van der Waals surface area contributed by atoms with Crippen LogP contribution in [0.5, 0.6) is 0 Å². The molecule has 0 radical (unpaired) electrons. The van der Waals surface area contributed by atoms with Gasteiger partial charge in [0.2, 0.25) is 0 Å². The Kier molecular flexibility index (Phi) is 13.2. The molecule has 0 saturated heterocycles. The lowest BCUT2D eigenvalue weighted by atomic mass is 10.1. The Morgan fingerprint density at radius 3 is 2.15 bits per heavy atom. The summed E-state index contributed by atoms with van der Waals surface area (Å²) in [6, 6.07) is 2.33. The lowest BCUT2D eigenvalue weighted by molar-refractivity contribution is 0.310. The molecule has 0 rings (SSSR count). The monoisotopic (exact) mass is 184 g/mol. The second-order valence-corrected chi connectivity index (χ2v) is 2.97. The topological polar surface area (TPSA) is 27.0 Å². The third kappa shape index (κ3) is 9.36. The third-order valence-electron chi connectivity index (χ3n) is 1.89. The van der Waals surface area contributed by atoms with Crippen LogP contribution in [0.25, 0.3) is 0 Å². The first kappa shape index (κ1) is 14.9. The zero-order chi connectivity index (χ0) is 10.7. The van der Waals surface area contributed by atoms with E-state index in [2.05, 4.69) is 31.9 Å². The molecule has 0 aromatic carbocycles. The Hall–Kier alpha value is -0.550. The average molecular weight is 184 g/mol. The SMILES string of the molecule is CC.CCCC(C#N)CN(C)CC. The summed E-state index contributed by atoms with van der Waals surface area (Å²) >= 11 is 0. The summed E-state index contributed by atoms with van der Waals surface area (Å²) < 4.78 is 0. The Labute approximate surface area is 83.5 Å². The van der Waals surface area contributed by atoms with Gasteiger partial charge < -0.3 is 4.90 Å². The van der Waals surface area contributed by atoms with Crippen molar-refractivity contribution in [3.05, 3.63) is 0 Å². The zero-order valence-corrected chi connectivity index (χ0v) is 9.80. The summed E-state index contributed by atoms with van der Waals surface area (Å²) in [4.78, 5) is 2.18. The van der Waals surface area contributed by atoms with Crippen molar-refractivity contribution in [2.75, 3.05) is 20.1 Å². The van der Waals surface area contributed by atoms with Crippen LogP contribution in [0.4, 0.5) is 0 Å². The van der Waals surface area contributed by atoms with Crippen molar-refractivity contribution in [3.8, 4) is 6.07 Å². The van der Waals surface area contributed by atoms with E-state index in [1.165, 1.54) is 0 Å². The molecule has 0 N–H and O–H groups in total. The highest BCUT2D eigenvalue weighted by molar-refractivity contribution is 4.83. The van der Waals surface area contributed by atoms with Gasteiger partial charge in [0.25, 0.3) is 0 Å². The van der Waals surface area contributed by atoms with Gasteiger partial charge >= 0.3 is 0 Å². The maximum absolute atomic E-state index is 8.72. The van der Waals surface area contributed by atoms with E-state index < -0.39 is 0 Å². The largest absolute Gasteiger partial charge is 0.305 e. The molecular weight excluding hydrogens is 160 g/mol. The maximum atomic E-state index is 8.72. The molecule has 1 unspecified atom stereocenters. The van der Waals surface area contributed by atoms with Crippen molar-refractivity contribution in [2.45, 2.75) is 40.5 Å². The predicted molar refractivity (Wildman–Crippen MR) is 58.5 cm³/mol. The molecule has 0 spiro atoms. The van der Waals surface area contributed by atoms with Crippen molar-refractivity contribution in [3.63, 3.8) is 0 Å². The Balaban J connectivity index is 0. The van der Waals surface area contributed by atoms with Crippen LogP contribution in [0, 0.1) is 17.2 Å². The highest BCUT2D eigenvalue weighted by Crippen LogP contribution is 2.05. The molecule has 0 amide bonds. The molecule has 2 heteroatoms. The van der Waals surface area contributed by atoms with E-state index in [0.717, 1.165) is 25.9 Å². The number of hydrogen-bond donors (Lipinski definition) is 0. The van der Waals surface area contributed by atoms with E-state index in [1.807, 2.05) is 13.8 Å². The van der Waals surface area contributed by atoms with E-state index in [0.29, 0.717) is 0 Å². The normalized spacial score (nSPS) is 11.5. The van der Waals surface area contributed by atoms with Gasteiger partial charge in [-0.15, -0.1) is 0 Å². The summed E-state index contributed by atoms with van der Waals surface area (Å²) in [5.41, 5.74) is 0. The van der Waals surface area contributed by atoms with Crippen LogP contribution in [0.2, 0.25) is 0 Å². The van der Waals surface area contributed by atoms with E-state index in [1.54, 1.807) is 0 Å². The molecule has 0 aromatic heterocycles. The van der Waals surface area contributed by atoms with Crippen molar-refractivity contribution in [1.82, 2.24) is 4.90 Å². The van der Waals surface area contributed by atoms with Gasteiger partial charge in [-0.3, -0.25) is 0 Å². The van der Waals surface area contributed by atoms with Crippen LogP contribution in [0.1, 0.15) is 40.5 Å². The first-order chi connectivity index (χ1) is 6.24. The number of nitrogens with zero attached hydrogens (tertiary/aromatic N) is 2. The minimum absolute atomic E-state index is 0.227. The molecule has 2 nitrogen and oxygen atoms in total. The second kappa shape index (κ2) is 11.4. The van der Waals surface area contributed by atoms with E-state index in [9.17, 15) is 0 Å². The highest BCUT2D eigenvalue weighted by atomic mass is 15.1. The Morgan fingerprint density at radius 2 is 1.85 bits per heavy atom. The van der Waals surface area contributed by atoms with Crippen molar-refractivity contribution < 1.29 is 0 Å². The fourth-order valence-corrected chi connectivity index (χ4v) is 1.05. The van der Waals surface area contributed by atoms with Crippen molar-refractivity contribution >= 4 is 0 Å². The fourth-order valence-electron chi connectivity index (χ4n) is 1.05. The quantitative estimate of drug-likeness (QED) is 0.657. The molecular formula is C11H24N2. The lowest BCUT2D eigenvalue weighted by Gasteiger charge is -2.16. The van der Waals surface area contributed by atoms with E-state index >= 15 is 0 Å². The second-order valence-electron chi connectivity index (χ2n) is 2.97. The first-order valence-corrected chi connectivity index (χ1v) is 5.32. The smallest absolute Gasteiger partial charge is 0.0669 e. The van der Waals surface area contributed by atoms with Gasteiger partial charge in [0.05, 0.1) is 12.0 Å². The summed E-state index contributed by atoms with van der Waals surface area (Å²) in [5.74, 6) is 0.227. The summed E-state index contributed by atoms with van der Waals surface area (Å²) in [5, 5.41) is 8.72. The van der Waals surface area contributed by atoms with Gasteiger partial charge in [0.1, 0.15) is 0 Å². The summed E-state index contributed by atoms with van der Waals surface area (Å²) in [6.45, 7) is 10.2. The van der Waals surface area contributed by atoms with Crippen LogP contribution in [-0.2, 0) is 0 Å². The van der Waals surface area contributed by atoms with E-state index in [4.69, 9.17) is 5.26 Å². The number of hydrogen-bond acceptors (Lipinski definition) is 2. The molecule has 0 fully saturated rings. The molecule has 0 aliphatic heterocycles. The summed E-state index contributed by atoms with van der Waals surface area (Å²) in [7, 11) is 2.06. The Bertz CT molecular complexity index is 127. The number of nitriles is 1. The zero-order valence-electron chi connectivity index (χ0n) is 9.80. The molecule has 0 aromatic rings. The standard InChI is InChI=1S/C9H18N2.C2H6/c1-4-6-9(7-10)8-11(3)5-2;1-2/h9H,4-6,8H2,1-3H3;1-2H3. The van der Waals surface area contributed by atoms with Gasteiger partial charge in [-0.1, -0.05) is 34.1 Å². The lowest BCUT2D eigenvalue weighted by Crippen LogP contribution is -2.24. The van der Waals surface area contributed by atoms with Crippen molar-refractivity contribution in [2.24, 2.45) is 5.92 Å². The highest BCUT2D eigenvalue weighted by Gasteiger charge is 2.07. The number of rotatable bonds is 5. The molecule has 1 atom stereocenters.